The number of aryl methyl sites for hydroxylation is 1. The average Bonchev–Trinajstić information content (AvgIpc) is 2.18. The number of rotatable bonds is 6. The maximum Gasteiger partial charge on any atom is 0.0718 e. The topological polar surface area (TPSA) is 18.5 Å². The Hall–Kier alpha value is -0.860. The van der Waals surface area contributed by atoms with E-state index >= 15 is 0 Å². The van der Waals surface area contributed by atoms with Crippen LogP contribution in [0.2, 0.25) is 0 Å². The van der Waals surface area contributed by atoms with E-state index in [4.69, 9.17) is 9.47 Å². The minimum absolute atomic E-state index is 0.668. The van der Waals surface area contributed by atoms with Crippen molar-refractivity contribution in [1.82, 2.24) is 0 Å². The van der Waals surface area contributed by atoms with Gasteiger partial charge in [0.05, 0.1) is 19.8 Å². The van der Waals surface area contributed by atoms with E-state index in [-0.39, 0.29) is 0 Å². The third-order valence-corrected chi connectivity index (χ3v) is 1.93. The molecule has 0 atom stereocenters. The van der Waals surface area contributed by atoms with Crippen molar-refractivity contribution in [3.05, 3.63) is 35.4 Å². The zero-order valence-electron chi connectivity index (χ0n) is 8.95. The highest BCUT2D eigenvalue weighted by molar-refractivity contribution is 5.21. The van der Waals surface area contributed by atoms with Crippen LogP contribution in [0, 0.1) is 6.92 Å². The lowest BCUT2D eigenvalue weighted by atomic mass is 10.1. The Balaban J connectivity index is 2.18. The molecule has 0 heterocycles. The van der Waals surface area contributed by atoms with Crippen molar-refractivity contribution in [3.63, 3.8) is 0 Å². The van der Waals surface area contributed by atoms with Gasteiger partial charge in [0.15, 0.2) is 0 Å². The Morgan fingerprint density at radius 2 is 1.93 bits per heavy atom. The lowest BCUT2D eigenvalue weighted by Crippen LogP contribution is -2.03. The second-order valence-electron chi connectivity index (χ2n) is 3.24. The summed E-state index contributed by atoms with van der Waals surface area (Å²) in [7, 11) is 0. The molecular weight excluding hydrogens is 176 g/mol. The van der Waals surface area contributed by atoms with Gasteiger partial charge < -0.3 is 9.47 Å². The third-order valence-electron chi connectivity index (χ3n) is 1.93. The Morgan fingerprint density at radius 3 is 2.64 bits per heavy atom. The summed E-state index contributed by atoms with van der Waals surface area (Å²) in [6, 6.07) is 8.36. The molecule has 0 spiro atoms. The number of hydrogen-bond acceptors (Lipinski definition) is 2. The third kappa shape index (κ3) is 4.40. The first-order valence-corrected chi connectivity index (χ1v) is 5.04. The number of hydrogen-bond donors (Lipinski definition) is 0. The fourth-order valence-corrected chi connectivity index (χ4v) is 1.25. The van der Waals surface area contributed by atoms with Crippen LogP contribution >= 0.6 is 0 Å². The first-order chi connectivity index (χ1) is 6.83. The van der Waals surface area contributed by atoms with E-state index in [0.29, 0.717) is 19.8 Å². The highest BCUT2D eigenvalue weighted by atomic mass is 16.5. The van der Waals surface area contributed by atoms with E-state index in [1.54, 1.807) is 0 Å². The van der Waals surface area contributed by atoms with Crippen LogP contribution in [0.4, 0.5) is 0 Å². The molecule has 0 fully saturated rings. The molecule has 0 unspecified atom stereocenters. The van der Waals surface area contributed by atoms with Crippen LogP contribution in [0.3, 0.4) is 0 Å². The van der Waals surface area contributed by atoms with Crippen LogP contribution in [-0.2, 0) is 16.1 Å². The van der Waals surface area contributed by atoms with Gasteiger partial charge in [-0.25, -0.2) is 0 Å². The molecule has 1 aromatic rings. The molecule has 1 rings (SSSR count). The molecule has 0 N–H and O–H groups in total. The van der Waals surface area contributed by atoms with Gasteiger partial charge in [0.2, 0.25) is 0 Å². The van der Waals surface area contributed by atoms with Gasteiger partial charge >= 0.3 is 0 Å². The molecule has 0 saturated carbocycles. The molecule has 0 aliphatic rings. The Morgan fingerprint density at radius 1 is 1.14 bits per heavy atom. The molecule has 14 heavy (non-hydrogen) atoms. The van der Waals surface area contributed by atoms with Crippen molar-refractivity contribution in [2.75, 3.05) is 19.8 Å². The fourth-order valence-electron chi connectivity index (χ4n) is 1.25. The maximum absolute atomic E-state index is 5.45. The lowest BCUT2D eigenvalue weighted by Gasteiger charge is -2.05. The normalized spacial score (nSPS) is 10.4. The average molecular weight is 194 g/mol. The van der Waals surface area contributed by atoms with E-state index in [9.17, 15) is 0 Å². The van der Waals surface area contributed by atoms with Crippen molar-refractivity contribution >= 4 is 0 Å². The zero-order valence-corrected chi connectivity index (χ0v) is 8.95. The van der Waals surface area contributed by atoms with Crippen LogP contribution < -0.4 is 0 Å². The number of benzene rings is 1. The summed E-state index contributed by atoms with van der Waals surface area (Å²) in [6.45, 7) is 6.86. The van der Waals surface area contributed by atoms with Crippen molar-refractivity contribution < 1.29 is 9.47 Å². The molecule has 0 amide bonds. The monoisotopic (exact) mass is 194 g/mol. The molecule has 78 valence electrons. The van der Waals surface area contributed by atoms with Crippen LogP contribution in [-0.4, -0.2) is 19.8 Å². The van der Waals surface area contributed by atoms with E-state index in [2.05, 4.69) is 31.2 Å². The molecular formula is C12H18O2. The predicted molar refractivity (Wildman–Crippen MR) is 57.3 cm³/mol. The lowest BCUT2D eigenvalue weighted by molar-refractivity contribution is 0.0453. The van der Waals surface area contributed by atoms with Crippen LogP contribution in [0.25, 0.3) is 0 Å². The Kier molecular flexibility index (Phi) is 5.27. The first kappa shape index (κ1) is 11.2. The molecule has 0 aromatic heterocycles. The minimum Gasteiger partial charge on any atom is -0.379 e. The molecule has 0 aliphatic heterocycles. The molecule has 0 radical (unpaired) electrons. The Labute approximate surface area is 85.8 Å². The summed E-state index contributed by atoms with van der Waals surface area (Å²) in [6.07, 6.45) is 0. The first-order valence-electron chi connectivity index (χ1n) is 5.04. The SMILES string of the molecule is CCOCCOCc1cccc(C)c1. The molecule has 0 aliphatic carbocycles. The van der Waals surface area contributed by atoms with E-state index in [1.165, 1.54) is 11.1 Å². The molecule has 0 saturated heterocycles. The van der Waals surface area contributed by atoms with Gasteiger partial charge in [-0.1, -0.05) is 29.8 Å². The zero-order chi connectivity index (χ0) is 10.2. The van der Waals surface area contributed by atoms with E-state index < -0.39 is 0 Å². The van der Waals surface area contributed by atoms with Gasteiger partial charge in [-0.15, -0.1) is 0 Å². The van der Waals surface area contributed by atoms with Crippen LogP contribution in [0.1, 0.15) is 18.1 Å². The summed E-state index contributed by atoms with van der Waals surface area (Å²) >= 11 is 0. The minimum atomic E-state index is 0.668. The van der Waals surface area contributed by atoms with Crippen molar-refractivity contribution in [2.24, 2.45) is 0 Å². The highest BCUT2D eigenvalue weighted by Gasteiger charge is 1.93. The standard InChI is InChI=1S/C12H18O2/c1-3-13-7-8-14-10-12-6-4-5-11(2)9-12/h4-6,9H,3,7-8,10H2,1-2H3. The fraction of sp³-hybridized carbons (Fsp3) is 0.500. The van der Waals surface area contributed by atoms with Gasteiger partial charge in [0.1, 0.15) is 0 Å². The van der Waals surface area contributed by atoms with Gasteiger partial charge in [0.25, 0.3) is 0 Å². The van der Waals surface area contributed by atoms with Gasteiger partial charge in [0, 0.05) is 6.61 Å². The number of ether oxygens (including phenoxy) is 2. The van der Waals surface area contributed by atoms with E-state index in [1.807, 2.05) is 6.92 Å². The van der Waals surface area contributed by atoms with Gasteiger partial charge in [-0.2, -0.15) is 0 Å². The molecule has 2 nitrogen and oxygen atoms in total. The van der Waals surface area contributed by atoms with Gasteiger partial charge in [-0.05, 0) is 19.4 Å². The maximum atomic E-state index is 5.45. The summed E-state index contributed by atoms with van der Waals surface area (Å²) in [5.41, 5.74) is 2.50. The smallest absolute Gasteiger partial charge is 0.0718 e. The van der Waals surface area contributed by atoms with Crippen molar-refractivity contribution in [1.29, 1.82) is 0 Å². The van der Waals surface area contributed by atoms with Crippen molar-refractivity contribution in [3.8, 4) is 0 Å². The molecule has 1 aromatic carbocycles. The summed E-state index contributed by atoms with van der Waals surface area (Å²) in [5, 5.41) is 0. The largest absolute Gasteiger partial charge is 0.379 e. The van der Waals surface area contributed by atoms with Gasteiger partial charge in [-0.3, -0.25) is 0 Å². The summed E-state index contributed by atoms with van der Waals surface area (Å²) in [4.78, 5) is 0. The van der Waals surface area contributed by atoms with Crippen molar-refractivity contribution in [2.45, 2.75) is 20.5 Å². The summed E-state index contributed by atoms with van der Waals surface area (Å²) in [5.74, 6) is 0. The predicted octanol–water partition coefficient (Wildman–Crippen LogP) is 2.55. The Bertz CT molecular complexity index is 258. The quantitative estimate of drug-likeness (QED) is 0.648. The van der Waals surface area contributed by atoms with Crippen LogP contribution in [0.5, 0.6) is 0 Å². The second-order valence-corrected chi connectivity index (χ2v) is 3.24. The summed E-state index contributed by atoms with van der Waals surface area (Å²) < 4.78 is 10.6. The molecule has 0 bridgehead atoms. The highest BCUT2D eigenvalue weighted by Crippen LogP contribution is 2.04. The molecule has 2 heteroatoms. The van der Waals surface area contributed by atoms with E-state index in [0.717, 1.165) is 6.61 Å². The van der Waals surface area contributed by atoms with Crippen LogP contribution in [0.15, 0.2) is 24.3 Å². The second kappa shape index (κ2) is 6.57.